The summed E-state index contributed by atoms with van der Waals surface area (Å²) in [7, 11) is 0. The van der Waals surface area contributed by atoms with Gasteiger partial charge in [-0.25, -0.2) is 4.79 Å². The van der Waals surface area contributed by atoms with Gasteiger partial charge in [0, 0.05) is 16.9 Å². The predicted octanol–water partition coefficient (Wildman–Crippen LogP) is 3.79. The van der Waals surface area contributed by atoms with Gasteiger partial charge < -0.3 is 10.1 Å². The van der Waals surface area contributed by atoms with Gasteiger partial charge in [-0.05, 0) is 63.6 Å². The number of hydrogen-bond donors (Lipinski definition) is 1. The Kier molecular flexibility index (Phi) is 5.99. The van der Waals surface area contributed by atoms with Crippen LogP contribution in [0, 0.1) is 17.2 Å². The second kappa shape index (κ2) is 8.12. The fourth-order valence-electron chi connectivity index (χ4n) is 4.15. The molecule has 150 valence electrons. The Morgan fingerprint density at radius 1 is 1.32 bits per heavy atom. The van der Waals surface area contributed by atoms with Crippen LogP contribution < -0.4 is 5.32 Å². The molecular formula is C21H26BrN3O3. The number of benzene rings is 1. The molecule has 0 radical (unpaired) electrons. The third kappa shape index (κ3) is 4.67. The average Bonchev–Trinajstić information content (AvgIpc) is 3.22. The molecule has 1 aromatic rings. The second-order valence-corrected chi connectivity index (χ2v) is 9.50. The molecule has 1 N–H and O–H groups in total. The smallest absolute Gasteiger partial charge is 0.411 e. The lowest BCUT2D eigenvalue weighted by molar-refractivity contribution is -0.128. The fourth-order valence-corrected chi connectivity index (χ4v) is 4.41. The van der Waals surface area contributed by atoms with Crippen LogP contribution in [-0.4, -0.2) is 40.6 Å². The molecule has 2 aliphatic rings. The van der Waals surface area contributed by atoms with Gasteiger partial charge in [0.25, 0.3) is 0 Å². The van der Waals surface area contributed by atoms with Crippen molar-refractivity contribution >= 4 is 27.9 Å². The number of nitriles is 1. The zero-order chi connectivity index (χ0) is 20.5. The number of rotatable bonds is 4. The van der Waals surface area contributed by atoms with E-state index in [1.54, 1.807) is 4.90 Å². The minimum atomic E-state index is -0.645. The molecule has 0 spiro atoms. The highest BCUT2D eigenvalue weighted by Crippen LogP contribution is 2.43. The van der Waals surface area contributed by atoms with Crippen molar-refractivity contribution < 1.29 is 14.3 Å². The minimum Gasteiger partial charge on any atom is -0.444 e. The summed E-state index contributed by atoms with van der Waals surface area (Å²) in [6.45, 7) is 5.45. The largest absolute Gasteiger partial charge is 0.444 e. The van der Waals surface area contributed by atoms with Crippen LogP contribution in [0.15, 0.2) is 28.7 Å². The minimum absolute atomic E-state index is 0.0441. The highest BCUT2D eigenvalue weighted by atomic mass is 79.9. The summed E-state index contributed by atoms with van der Waals surface area (Å²) in [5.41, 5.74) is 0.350. The number of fused-ring (bicyclic) bond motifs is 2. The Morgan fingerprint density at radius 3 is 2.61 bits per heavy atom. The first-order valence-corrected chi connectivity index (χ1v) is 10.4. The summed E-state index contributed by atoms with van der Waals surface area (Å²) in [4.78, 5) is 27.3. The highest BCUT2D eigenvalue weighted by molar-refractivity contribution is 9.10. The van der Waals surface area contributed by atoms with Crippen molar-refractivity contribution in [1.29, 1.82) is 5.26 Å². The number of halogens is 1. The SMILES string of the molecule is CC(C)(C)OC(=O)N1[C@@H]2CC[C@@H](C2)[C@H]1C(=O)N[C@H](C#N)Cc1ccc(Br)cc1. The Morgan fingerprint density at radius 2 is 2.00 bits per heavy atom. The Labute approximate surface area is 174 Å². The molecule has 1 aliphatic heterocycles. The van der Waals surface area contributed by atoms with Gasteiger partial charge in [0.2, 0.25) is 5.91 Å². The topological polar surface area (TPSA) is 82.4 Å². The van der Waals surface area contributed by atoms with Crippen LogP contribution in [0.5, 0.6) is 0 Å². The monoisotopic (exact) mass is 447 g/mol. The molecule has 1 heterocycles. The van der Waals surface area contributed by atoms with Crippen molar-refractivity contribution in [2.45, 2.75) is 70.2 Å². The van der Waals surface area contributed by atoms with E-state index in [1.807, 2.05) is 45.0 Å². The van der Waals surface area contributed by atoms with Crippen molar-refractivity contribution in [2.24, 2.45) is 5.92 Å². The molecule has 0 unspecified atom stereocenters. The summed E-state index contributed by atoms with van der Waals surface area (Å²) in [6.07, 6.45) is 2.62. The number of amides is 2. The third-order valence-corrected chi connectivity index (χ3v) is 5.81. The number of likely N-dealkylation sites (tertiary alicyclic amines) is 1. The van der Waals surface area contributed by atoms with E-state index in [0.717, 1.165) is 29.3 Å². The van der Waals surface area contributed by atoms with Crippen LogP contribution in [-0.2, 0) is 16.0 Å². The zero-order valence-corrected chi connectivity index (χ0v) is 18.0. The molecule has 1 aliphatic carbocycles. The van der Waals surface area contributed by atoms with Crippen molar-refractivity contribution in [1.82, 2.24) is 10.2 Å². The van der Waals surface area contributed by atoms with Gasteiger partial charge in [-0.1, -0.05) is 28.1 Å². The molecule has 2 bridgehead atoms. The summed E-state index contributed by atoms with van der Waals surface area (Å²) >= 11 is 3.39. The predicted molar refractivity (Wildman–Crippen MR) is 108 cm³/mol. The lowest BCUT2D eigenvalue weighted by Gasteiger charge is -2.35. The molecule has 2 fully saturated rings. The van der Waals surface area contributed by atoms with Crippen LogP contribution in [0.3, 0.4) is 0 Å². The first kappa shape index (κ1) is 20.7. The van der Waals surface area contributed by atoms with Gasteiger partial charge in [0.15, 0.2) is 0 Å². The fraction of sp³-hybridized carbons (Fsp3) is 0.571. The number of hydrogen-bond acceptors (Lipinski definition) is 4. The molecule has 4 atom stereocenters. The van der Waals surface area contributed by atoms with E-state index in [9.17, 15) is 14.9 Å². The Hall–Kier alpha value is -2.07. The zero-order valence-electron chi connectivity index (χ0n) is 16.4. The molecule has 0 aromatic heterocycles. The molecule has 3 rings (SSSR count). The quantitative estimate of drug-likeness (QED) is 0.760. The van der Waals surface area contributed by atoms with Gasteiger partial charge >= 0.3 is 6.09 Å². The van der Waals surface area contributed by atoms with E-state index >= 15 is 0 Å². The lowest BCUT2D eigenvalue weighted by atomic mass is 9.97. The molecule has 1 saturated heterocycles. The maximum atomic E-state index is 13.0. The number of ether oxygens (including phenoxy) is 1. The molecule has 2 amide bonds. The number of piperidine rings is 1. The average molecular weight is 448 g/mol. The number of nitrogens with one attached hydrogen (secondary N) is 1. The first-order chi connectivity index (χ1) is 13.2. The van der Waals surface area contributed by atoms with Crippen molar-refractivity contribution in [3.8, 4) is 6.07 Å². The van der Waals surface area contributed by atoms with Crippen LogP contribution >= 0.6 is 15.9 Å². The summed E-state index contributed by atoms with van der Waals surface area (Å²) < 4.78 is 6.49. The van der Waals surface area contributed by atoms with E-state index in [2.05, 4.69) is 27.3 Å². The van der Waals surface area contributed by atoms with E-state index in [-0.39, 0.29) is 17.9 Å². The van der Waals surface area contributed by atoms with Crippen LogP contribution in [0.1, 0.15) is 45.6 Å². The Balaban J connectivity index is 1.69. The standard InChI is InChI=1S/C21H26BrN3O3/c1-21(2,3)28-20(27)25-17-9-6-14(11-17)18(25)19(26)24-16(12-23)10-13-4-7-15(22)8-5-13/h4-5,7-8,14,16-18H,6,9-11H2,1-3H3,(H,24,26)/t14-,16-,17+,18-/m0/s1. The lowest BCUT2D eigenvalue weighted by Crippen LogP contribution is -2.55. The van der Waals surface area contributed by atoms with E-state index in [4.69, 9.17) is 4.74 Å². The van der Waals surface area contributed by atoms with Crippen LogP contribution in [0.4, 0.5) is 4.79 Å². The molecule has 7 heteroatoms. The molecular weight excluding hydrogens is 422 g/mol. The van der Waals surface area contributed by atoms with Crippen molar-refractivity contribution in [3.63, 3.8) is 0 Å². The van der Waals surface area contributed by atoms with Gasteiger partial charge in [0.05, 0.1) is 6.07 Å². The molecule has 1 aromatic carbocycles. The number of carbonyl (C=O) groups is 2. The van der Waals surface area contributed by atoms with Crippen LogP contribution in [0.25, 0.3) is 0 Å². The van der Waals surface area contributed by atoms with E-state index in [1.165, 1.54) is 0 Å². The summed E-state index contributed by atoms with van der Waals surface area (Å²) in [5, 5.41) is 12.4. The van der Waals surface area contributed by atoms with E-state index < -0.39 is 23.8 Å². The van der Waals surface area contributed by atoms with Gasteiger partial charge in [-0.15, -0.1) is 0 Å². The van der Waals surface area contributed by atoms with Crippen molar-refractivity contribution in [3.05, 3.63) is 34.3 Å². The third-order valence-electron chi connectivity index (χ3n) is 5.28. The van der Waals surface area contributed by atoms with Gasteiger partial charge in [0.1, 0.15) is 17.7 Å². The van der Waals surface area contributed by atoms with Crippen LogP contribution in [0.2, 0.25) is 0 Å². The summed E-state index contributed by atoms with van der Waals surface area (Å²) in [5.74, 6) is -0.133. The maximum Gasteiger partial charge on any atom is 0.411 e. The molecule has 28 heavy (non-hydrogen) atoms. The first-order valence-electron chi connectivity index (χ1n) is 9.63. The molecule has 6 nitrogen and oxygen atoms in total. The molecule has 1 saturated carbocycles. The second-order valence-electron chi connectivity index (χ2n) is 8.58. The highest BCUT2D eigenvalue weighted by Gasteiger charge is 2.52. The summed E-state index contributed by atoms with van der Waals surface area (Å²) in [6, 6.07) is 8.67. The number of nitrogens with zero attached hydrogens (tertiary/aromatic N) is 2. The van der Waals surface area contributed by atoms with Gasteiger partial charge in [-0.2, -0.15) is 5.26 Å². The normalized spacial score (nSPS) is 24.5. The number of carbonyl (C=O) groups excluding carboxylic acids is 2. The van der Waals surface area contributed by atoms with Crippen molar-refractivity contribution in [2.75, 3.05) is 0 Å². The van der Waals surface area contributed by atoms with E-state index in [0.29, 0.717) is 6.42 Å². The Bertz CT molecular complexity index is 782. The van der Waals surface area contributed by atoms with Gasteiger partial charge in [-0.3, -0.25) is 9.69 Å². The maximum absolute atomic E-state index is 13.0.